The largest absolute Gasteiger partial charge is 0.455 e. The van der Waals surface area contributed by atoms with Crippen LogP contribution in [0.1, 0.15) is 20.6 Å². The number of rotatable bonds is 4. The molecule has 0 aliphatic carbocycles. The van der Waals surface area contributed by atoms with Gasteiger partial charge in [-0.3, -0.25) is 0 Å². The number of furan rings is 1. The van der Waals surface area contributed by atoms with Crippen LogP contribution in [0.25, 0.3) is 67.2 Å². The second-order valence-corrected chi connectivity index (χ2v) is 7.77. The van der Waals surface area contributed by atoms with Gasteiger partial charge in [0.05, 0.1) is 20.6 Å². The van der Waals surface area contributed by atoms with Crippen molar-refractivity contribution in [1.29, 1.82) is 0 Å². The van der Waals surface area contributed by atoms with Crippen LogP contribution in [-0.4, -0.2) is 15.0 Å². The molecule has 0 bridgehead atoms. The summed E-state index contributed by atoms with van der Waals surface area (Å²) in [6.45, 7) is 0. The average molecular weight is 491 g/mol. The lowest BCUT2D eigenvalue weighted by atomic mass is 10.0. The van der Waals surface area contributed by atoms with Gasteiger partial charge in [0.25, 0.3) is 0 Å². The fraction of sp³-hybridized carbons (Fsp3) is 0. The lowest BCUT2D eigenvalue weighted by molar-refractivity contribution is 0.670. The van der Waals surface area contributed by atoms with E-state index in [1.54, 1.807) is 36.4 Å². The number of benzene rings is 5. The molecule has 0 radical (unpaired) electrons. The molecule has 7 aromatic rings. The number of hydrogen-bond acceptors (Lipinski definition) is 4. The van der Waals surface area contributed by atoms with E-state index in [-0.39, 0.29) is 33.7 Å². The van der Waals surface area contributed by atoms with Crippen LogP contribution < -0.4 is 0 Å². The van der Waals surface area contributed by atoms with E-state index in [1.165, 1.54) is 0 Å². The Morgan fingerprint density at radius 1 is 0.514 bits per heavy atom. The first-order valence-electron chi connectivity index (χ1n) is 18.5. The molecule has 0 spiro atoms. The van der Waals surface area contributed by atoms with E-state index in [2.05, 4.69) is 15.0 Å². The van der Waals surface area contributed by atoms with Gasteiger partial charge in [0.15, 0.2) is 17.5 Å². The van der Waals surface area contributed by atoms with Gasteiger partial charge in [-0.05, 0) is 11.6 Å². The van der Waals surface area contributed by atoms with Crippen LogP contribution in [0, 0.1) is 0 Å². The zero-order chi connectivity index (χ0) is 37.7. The highest BCUT2D eigenvalue weighted by Gasteiger charge is 2.19. The van der Waals surface area contributed by atoms with Gasteiger partial charge in [-0.1, -0.05) is 121 Å². The van der Waals surface area contributed by atoms with Crippen molar-refractivity contribution >= 4 is 21.9 Å². The fourth-order valence-electron chi connectivity index (χ4n) is 4.06. The van der Waals surface area contributed by atoms with Crippen LogP contribution >= 0.6 is 0 Å². The molecule has 0 amide bonds. The second kappa shape index (κ2) is 8.85. The normalized spacial score (nSPS) is 16.9. The Kier molecular flexibility index (Phi) is 2.60. The molecule has 37 heavy (non-hydrogen) atoms. The summed E-state index contributed by atoms with van der Waals surface area (Å²) in [5.74, 6) is -1.05. The summed E-state index contributed by atoms with van der Waals surface area (Å²) in [5, 5.41) is 0.779. The molecular weight excluding hydrogens is 454 g/mol. The zero-order valence-electron chi connectivity index (χ0n) is 33.7. The lowest BCUT2D eigenvalue weighted by Gasteiger charge is -2.09. The minimum atomic E-state index is -0.676. The van der Waals surface area contributed by atoms with Gasteiger partial charge in [0.1, 0.15) is 11.2 Å². The number of nitrogens with zero attached hydrogens (tertiary/aromatic N) is 3. The molecule has 4 heteroatoms. The van der Waals surface area contributed by atoms with Gasteiger partial charge in [-0.25, -0.2) is 15.0 Å². The van der Waals surface area contributed by atoms with Crippen molar-refractivity contribution in [3.05, 3.63) is 127 Å². The predicted octanol–water partition coefficient (Wildman–Crippen LogP) is 8.44. The summed E-state index contributed by atoms with van der Waals surface area (Å²) >= 11 is 0. The maximum absolute atomic E-state index is 8.59. The molecule has 0 atom stereocenters. The molecule has 4 nitrogen and oxygen atoms in total. The highest BCUT2D eigenvalue weighted by Crippen LogP contribution is 2.40. The smallest absolute Gasteiger partial charge is 0.164 e. The van der Waals surface area contributed by atoms with Gasteiger partial charge in [0.2, 0.25) is 0 Å². The van der Waals surface area contributed by atoms with E-state index >= 15 is 0 Å². The van der Waals surface area contributed by atoms with Crippen molar-refractivity contribution in [2.45, 2.75) is 0 Å². The summed E-state index contributed by atoms with van der Waals surface area (Å²) in [6, 6.07) is 0.474. The first kappa shape index (κ1) is 10.9. The second-order valence-electron chi connectivity index (χ2n) is 7.77. The van der Waals surface area contributed by atoms with E-state index in [0.717, 1.165) is 0 Å². The number of hydrogen-bond donors (Lipinski definition) is 0. The van der Waals surface area contributed by atoms with Crippen molar-refractivity contribution in [3.63, 3.8) is 0 Å². The molecule has 5 aromatic carbocycles. The Morgan fingerprint density at radius 3 is 1.65 bits per heavy atom. The van der Waals surface area contributed by atoms with Crippen molar-refractivity contribution in [2.24, 2.45) is 0 Å². The third-order valence-electron chi connectivity index (χ3n) is 5.62. The van der Waals surface area contributed by atoms with E-state index in [0.29, 0.717) is 10.8 Å². The van der Waals surface area contributed by atoms with E-state index in [1.807, 2.05) is 0 Å². The first-order chi connectivity index (χ1) is 24.6. The van der Waals surface area contributed by atoms with Crippen molar-refractivity contribution in [2.75, 3.05) is 0 Å². The van der Waals surface area contributed by atoms with Crippen LogP contribution in [-0.2, 0) is 0 Å². The van der Waals surface area contributed by atoms with Gasteiger partial charge < -0.3 is 4.42 Å². The van der Waals surface area contributed by atoms with Gasteiger partial charge in [0, 0.05) is 33.0 Å². The van der Waals surface area contributed by atoms with Crippen molar-refractivity contribution < 1.29 is 25.0 Å². The molecule has 0 saturated heterocycles. The first-order valence-corrected chi connectivity index (χ1v) is 11.0. The molecule has 2 aromatic heterocycles. The summed E-state index contributed by atoms with van der Waals surface area (Å²) in [5.41, 5.74) is -0.0852. The van der Waals surface area contributed by atoms with Crippen LogP contribution in [0.15, 0.2) is 131 Å². The number of aromatic nitrogens is 3. The quantitative estimate of drug-likeness (QED) is 0.248. The summed E-state index contributed by atoms with van der Waals surface area (Å²) in [7, 11) is 0. The number of fused-ring (bicyclic) bond motifs is 3. The molecule has 2 heterocycles. The highest BCUT2D eigenvalue weighted by molar-refractivity contribution is 6.14. The summed E-state index contributed by atoms with van der Waals surface area (Å²) in [4.78, 5) is 13.4. The van der Waals surface area contributed by atoms with E-state index in [9.17, 15) is 0 Å². The predicted molar refractivity (Wildman–Crippen MR) is 149 cm³/mol. The maximum Gasteiger partial charge on any atom is 0.164 e. The Bertz CT molecular complexity index is 2540. The van der Waals surface area contributed by atoms with Crippen LogP contribution in [0.3, 0.4) is 0 Å². The third-order valence-corrected chi connectivity index (χ3v) is 5.62. The SMILES string of the molecule is [2H]c1c([2H])c([2H])c(-c2nc(-c3c([2H])c([2H])c([2H])c([2H])c3[2H])nc(-c3cccc4oc5c(-c6c([2H])c([2H])c([2H])c([2H])c6[2H])cccc5c34)n2)c([2H])c1[2H]. The molecule has 0 fully saturated rings. The Labute approximate surface area is 235 Å². The molecule has 0 aliphatic heterocycles. The van der Waals surface area contributed by atoms with Gasteiger partial charge in [-0.2, -0.15) is 0 Å². The third kappa shape index (κ3) is 3.76. The van der Waals surface area contributed by atoms with Gasteiger partial charge >= 0.3 is 0 Å². The molecule has 0 N–H and O–H groups in total. The topological polar surface area (TPSA) is 51.8 Å². The molecule has 0 saturated carbocycles. The summed E-state index contributed by atoms with van der Waals surface area (Å²) in [6.07, 6.45) is 0. The van der Waals surface area contributed by atoms with E-state index in [4.69, 9.17) is 25.0 Å². The minimum absolute atomic E-state index is 0.0932. The van der Waals surface area contributed by atoms with Crippen LogP contribution in [0.2, 0.25) is 0 Å². The highest BCUT2D eigenvalue weighted by atomic mass is 16.3. The van der Waals surface area contributed by atoms with E-state index < -0.39 is 113 Å². The fourth-order valence-corrected chi connectivity index (χ4v) is 4.06. The minimum Gasteiger partial charge on any atom is -0.455 e. The Hall–Kier alpha value is -5.09. The van der Waals surface area contributed by atoms with Crippen LogP contribution in [0.4, 0.5) is 0 Å². The number of para-hydroxylation sites is 1. The lowest BCUT2D eigenvalue weighted by Crippen LogP contribution is -2.00. The molecule has 174 valence electrons. The summed E-state index contributed by atoms with van der Waals surface area (Å²) < 4.78 is 131. The Balaban J connectivity index is 1.59. The van der Waals surface area contributed by atoms with Gasteiger partial charge in [-0.15, -0.1) is 0 Å². The maximum atomic E-state index is 8.59. The molecule has 0 aliphatic rings. The molecular formula is C33H21N3O. The Morgan fingerprint density at radius 2 is 1.03 bits per heavy atom. The average Bonchev–Trinajstić information content (AvgIpc) is 3.53. The van der Waals surface area contributed by atoms with Crippen molar-refractivity contribution in [1.82, 2.24) is 15.0 Å². The van der Waals surface area contributed by atoms with Crippen LogP contribution in [0.5, 0.6) is 0 Å². The van der Waals surface area contributed by atoms with Crippen molar-refractivity contribution in [3.8, 4) is 45.3 Å². The monoisotopic (exact) mass is 490 g/mol. The standard InChI is InChI=1S/C33H21N3O/c1-4-12-22(13-5-1)25-18-10-19-26-29-27(20-11-21-28(29)37-30(25)26)33-35-31(23-14-6-2-7-15-23)34-32(36-33)24-16-8-3-9-17-24/h1-21H/i1D,2D,3D,4D,5D,6D,7D,8D,9D,12D,13D,14D,15D,16D,17D. The molecule has 0 unspecified atom stereocenters. The molecule has 7 rings (SSSR count). The zero-order valence-corrected chi connectivity index (χ0v) is 18.7.